The minimum Gasteiger partial charge on any atom is -0.316 e. The molecule has 0 aliphatic rings. The Labute approximate surface area is 172 Å². The van der Waals surface area contributed by atoms with Crippen LogP contribution in [0.1, 0.15) is 27.3 Å². The number of benzene rings is 2. The van der Waals surface area contributed by atoms with Crippen LogP contribution < -0.4 is 5.43 Å². The van der Waals surface area contributed by atoms with E-state index in [2.05, 4.69) is 10.5 Å². The van der Waals surface area contributed by atoms with E-state index in [9.17, 15) is 4.79 Å². The molecule has 0 fully saturated rings. The summed E-state index contributed by atoms with van der Waals surface area (Å²) in [5.41, 5.74) is 6.56. The van der Waals surface area contributed by atoms with Crippen molar-refractivity contribution in [3.05, 3.63) is 86.1 Å². The van der Waals surface area contributed by atoms with E-state index in [4.69, 9.17) is 34.8 Å². The summed E-state index contributed by atoms with van der Waals surface area (Å²) in [7, 11) is 0. The van der Waals surface area contributed by atoms with Crippen LogP contribution in [0, 0.1) is 13.8 Å². The molecule has 0 radical (unpaired) electrons. The first-order valence-corrected chi connectivity index (χ1v) is 9.23. The number of carbonyl (C=O) groups excluding carboxylic acids is 1. The van der Waals surface area contributed by atoms with E-state index in [1.54, 1.807) is 42.6 Å². The van der Waals surface area contributed by atoms with Gasteiger partial charge in [-0.25, -0.2) is 5.43 Å². The molecule has 1 N–H and O–H groups in total. The van der Waals surface area contributed by atoms with E-state index in [-0.39, 0.29) is 5.91 Å². The van der Waals surface area contributed by atoms with Crippen molar-refractivity contribution in [1.82, 2.24) is 9.99 Å². The Bertz CT molecular complexity index is 1020. The van der Waals surface area contributed by atoms with Crippen LogP contribution in [0.2, 0.25) is 15.1 Å². The first-order chi connectivity index (χ1) is 12.9. The van der Waals surface area contributed by atoms with E-state index in [1.165, 1.54) is 0 Å². The Balaban J connectivity index is 1.82. The summed E-state index contributed by atoms with van der Waals surface area (Å²) in [5.74, 6) is -0.311. The van der Waals surface area contributed by atoms with E-state index in [0.29, 0.717) is 20.6 Å². The average Bonchev–Trinajstić information content (AvgIpc) is 2.91. The average molecular weight is 421 g/mol. The smallest absolute Gasteiger partial charge is 0.271 e. The van der Waals surface area contributed by atoms with Crippen LogP contribution in [0.3, 0.4) is 0 Å². The number of rotatable bonds is 4. The van der Waals surface area contributed by atoms with Crippen LogP contribution in [-0.4, -0.2) is 16.7 Å². The molecular weight excluding hydrogens is 405 g/mol. The van der Waals surface area contributed by atoms with Gasteiger partial charge in [0, 0.05) is 32.6 Å². The zero-order valence-electron chi connectivity index (χ0n) is 14.6. The maximum absolute atomic E-state index is 12.1. The molecule has 3 rings (SSSR count). The van der Waals surface area contributed by atoms with Gasteiger partial charge in [-0.05, 0) is 62.4 Å². The lowest BCUT2D eigenvalue weighted by atomic mass is 10.2. The molecule has 0 unspecified atom stereocenters. The molecule has 1 aromatic heterocycles. The van der Waals surface area contributed by atoms with E-state index in [0.717, 1.165) is 22.6 Å². The molecule has 0 spiro atoms. The molecule has 4 nitrogen and oxygen atoms in total. The third-order valence-electron chi connectivity index (χ3n) is 4.10. The van der Waals surface area contributed by atoms with Gasteiger partial charge >= 0.3 is 0 Å². The number of halogens is 3. The summed E-state index contributed by atoms with van der Waals surface area (Å²) in [6.45, 7) is 3.92. The molecule has 138 valence electrons. The van der Waals surface area contributed by atoms with Crippen molar-refractivity contribution < 1.29 is 4.79 Å². The predicted octanol–water partition coefficient (Wildman–Crippen LogP) is 5.82. The third-order valence-corrected chi connectivity index (χ3v) is 4.90. The van der Waals surface area contributed by atoms with Crippen molar-refractivity contribution in [3.8, 4) is 5.69 Å². The van der Waals surface area contributed by atoms with Crippen LogP contribution in [0.15, 0.2) is 53.6 Å². The van der Waals surface area contributed by atoms with Gasteiger partial charge in [0.15, 0.2) is 0 Å². The minimum absolute atomic E-state index is 0.311. The van der Waals surface area contributed by atoms with Crippen LogP contribution in [0.5, 0.6) is 0 Å². The number of amides is 1. The molecule has 7 heteroatoms. The summed E-state index contributed by atoms with van der Waals surface area (Å²) < 4.78 is 2.00. The first-order valence-electron chi connectivity index (χ1n) is 8.10. The fourth-order valence-electron chi connectivity index (χ4n) is 2.77. The van der Waals surface area contributed by atoms with E-state index >= 15 is 0 Å². The number of hydrazone groups is 1. The molecule has 0 atom stereocenters. The number of hydrogen-bond acceptors (Lipinski definition) is 2. The minimum atomic E-state index is -0.311. The lowest BCUT2D eigenvalue weighted by molar-refractivity contribution is 0.0955. The largest absolute Gasteiger partial charge is 0.316 e. The topological polar surface area (TPSA) is 46.4 Å². The highest BCUT2D eigenvalue weighted by Crippen LogP contribution is 2.28. The lowest BCUT2D eigenvalue weighted by Gasteiger charge is -2.12. The molecule has 0 bridgehead atoms. The summed E-state index contributed by atoms with van der Waals surface area (Å²) >= 11 is 18.3. The van der Waals surface area contributed by atoms with Gasteiger partial charge in [-0.3, -0.25) is 4.79 Å². The molecular formula is C20H16Cl3N3O. The molecule has 2 aromatic carbocycles. The van der Waals surface area contributed by atoms with Gasteiger partial charge in [-0.15, -0.1) is 0 Å². The highest BCUT2D eigenvalue weighted by atomic mass is 35.5. The second-order valence-electron chi connectivity index (χ2n) is 5.96. The maximum Gasteiger partial charge on any atom is 0.271 e. The predicted molar refractivity (Wildman–Crippen MR) is 112 cm³/mol. The van der Waals surface area contributed by atoms with Gasteiger partial charge in [0.1, 0.15) is 0 Å². The zero-order valence-corrected chi connectivity index (χ0v) is 16.9. The highest BCUT2D eigenvalue weighted by molar-refractivity contribution is 6.34. The van der Waals surface area contributed by atoms with Gasteiger partial charge in [0.2, 0.25) is 0 Å². The number of aryl methyl sites for hydroxylation is 1. The molecule has 0 saturated heterocycles. The molecule has 27 heavy (non-hydrogen) atoms. The second kappa shape index (κ2) is 8.17. The molecule has 1 amide bonds. The van der Waals surface area contributed by atoms with Crippen molar-refractivity contribution in [3.63, 3.8) is 0 Å². The first kappa shape index (κ1) is 19.5. The molecule has 0 aliphatic heterocycles. The van der Waals surface area contributed by atoms with Crippen molar-refractivity contribution in [1.29, 1.82) is 0 Å². The maximum atomic E-state index is 12.1. The van der Waals surface area contributed by atoms with Gasteiger partial charge in [-0.2, -0.15) is 5.10 Å². The zero-order chi connectivity index (χ0) is 19.6. The van der Waals surface area contributed by atoms with Gasteiger partial charge in [0.25, 0.3) is 5.91 Å². The van der Waals surface area contributed by atoms with Crippen molar-refractivity contribution in [2.24, 2.45) is 5.10 Å². The van der Waals surface area contributed by atoms with E-state index in [1.807, 2.05) is 30.5 Å². The summed E-state index contributed by atoms with van der Waals surface area (Å²) in [5, 5.41) is 5.83. The molecule has 3 aromatic rings. The Morgan fingerprint density at radius 3 is 2.37 bits per heavy atom. The SMILES string of the molecule is Cc1cc(/C=N\NC(=O)c2ccc(Cl)cc2)c(C)n1-c1cc(Cl)ccc1Cl. The van der Waals surface area contributed by atoms with Crippen LogP contribution in [-0.2, 0) is 0 Å². The normalized spacial score (nSPS) is 11.1. The Hall–Kier alpha value is -2.27. The Morgan fingerprint density at radius 2 is 1.67 bits per heavy atom. The Morgan fingerprint density at radius 1 is 1.00 bits per heavy atom. The van der Waals surface area contributed by atoms with Gasteiger partial charge in [-0.1, -0.05) is 34.8 Å². The fourth-order valence-corrected chi connectivity index (χ4v) is 3.27. The summed E-state index contributed by atoms with van der Waals surface area (Å²) in [4.78, 5) is 12.1. The van der Waals surface area contributed by atoms with E-state index < -0.39 is 0 Å². The standard InChI is InChI=1S/C20H16Cl3N3O/c1-12-9-15(11-24-25-20(27)14-3-5-16(21)6-4-14)13(2)26(12)19-10-17(22)7-8-18(19)23/h3-11H,1-2H3,(H,25,27)/b24-11-. The van der Waals surface area contributed by atoms with Crippen molar-refractivity contribution in [2.45, 2.75) is 13.8 Å². The number of hydrogen-bond donors (Lipinski definition) is 1. The lowest BCUT2D eigenvalue weighted by Crippen LogP contribution is -2.17. The molecule has 0 saturated carbocycles. The number of nitrogens with one attached hydrogen (secondary N) is 1. The molecule has 0 aliphatic carbocycles. The quantitative estimate of drug-likeness (QED) is 0.419. The van der Waals surface area contributed by atoms with Crippen LogP contribution in [0.4, 0.5) is 0 Å². The van der Waals surface area contributed by atoms with Crippen molar-refractivity contribution >= 4 is 46.9 Å². The summed E-state index contributed by atoms with van der Waals surface area (Å²) in [6, 6.07) is 13.9. The second-order valence-corrected chi connectivity index (χ2v) is 7.24. The number of aromatic nitrogens is 1. The number of nitrogens with zero attached hydrogens (tertiary/aromatic N) is 2. The van der Waals surface area contributed by atoms with Gasteiger partial charge in [0.05, 0.1) is 16.9 Å². The van der Waals surface area contributed by atoms with Crippen LogP contribution >= 0.6 is 34.8 Å². The molecule has 1 heterocycles. The Kier molecular flexibility index (Phi) is 5.90. The monoisotopic (exact) mass is 419 g/mol. The van der Waals surface area contributed by atoms with Crippen molar-refractivity contribution in [2.75, 3.05) is 0 Å². The summed E-state index contributed by atoms with van der Waals surface area (Å²) in [6.07, 6.45) is 1.60. The third kappa shape index (κ3) is 4.35. The fraction of sp³-hybridized carbons (Fsp3) is 0.100. The highest BCUT2D eigenvalue weighted by Gasteiger charge is 2.13. The van der Waals surface area contributed by atoms with Crippen LogP contribution in [0.25, 0.3) is 5.69 Å². The number of carbonyl (C=O) groups is 1. The van der Waals surface area contributed by atoms with Gasteiger partial charge < -0.3 is 4.57 Å².